The van der Waals surface area contributed by atoms with Crippen molar-refractivity contribution in [2.24, 2.45) is 0 Å². The van der Waals surface area contributed by atoms with Crippen LogP contribution >= 0.6 is 11.1 Å². The summed E-state index contributed by atoms with van der Waals surface area (Å²) in [6.07, 6.45) is 5.94. The smallest absolute Gasteiger partial charge is 0.166 e. The number of rotatable bonds is 7. The zero-order chi connectivity index (χ0) is 21.2. The highest BCUT2D eigenvalue weighted by atomic mass is 35.6. The van der Waals surface area contributed by atoms with Crippen LogP contribution in [0.4, 0.5) is 0 Å². The van der Waals surface area contributed by atoms with Crippen molar-refractivity contribution in [3.8, 4) is 11.1 Å². The van der Waals surface area contributed by atoms with Crippen molar-refractivity contribution < 1.29 is 0 Å². The molecule has 1 unspecified atom stereocenters. The van der Waals surface area contributed by atoms with Gasteiger partial charge in [0.1, 0.15) is 0 Å². The molecule has 0 saturated carbocycles. The summed E-state index contributed by atoms with van der Waals surface area (Å²) < 4.78 is 0. The van der Waals surface area contributed by atoms with Crippen molar-refractivity contribution in [2.45, 2.75) is 83.8 Å². The first-order chi connectivity index (χ1) is 13.7. The third kappa shape index (κ3) is 4.42. The van der Waals surface area contributed by atoms with E-state index in [0.29, 0.717) is 5.54 Å². The van der Waals surface area contributed by atoms with Crippen molar-refractivity contribution in [3.63, 3.8) is 0 Å². The topological polar surface area (TPSA) is 0 Å². The summed E-state index contributed by atoms with van der Waals surface area (Å²) in [6.45, 7) is 13.7. The fourth-order valence-corrected chi connectivity index (χ4v) is 11.2. The van der Waals surface area contributed by atoms with Gasteiger partial charge in [0.15, 0.2) is 7.38 Å². The molecular weight excluding hydrogens is 388 g/mol. The first-order valence-electron chi connectivity index (χ1n) is 11.4. The molecule has 0 amide bonds. The van der Waals surface area contributed by atoms with Crippen LogP contribution in [0.25, 0.3) is 17.2 Å². The number of hydrogen-bond donors (Lipinski definition) is 0. The summed E-state index contributed by atoms with van der Waals surface area (Å²) in [6, 6.07) is 18.5. The average molecular weight is 425 g/mol. The molecule has 1 aliphatic carbocycles. The van der Waals surface area contributed by atoms with E-state index in [1.54, 1.807) is 5.57 Å². The van der Waals surface area contributed by atoms with Gasteiger partial charge in [-0.2, -0.15) is 11.1 Å². The standard InChI is InChI=1S/C27H37ClSi/c1-7-17-29(28,18-8-2)26-20(9-3)19-25-23(11-10-12-24(25)26)21-13-15-22(16-14-21)27(4,5)6/h10-16,19,26H,7-9,17-18H2,1-6H3. The van der Waals surface area contributed by atoms with Gasteiger partial charge in [-0.05, 0) is 51.7 Å². The maximum absolute atomic E-state index is 7.51. The predicted octanol–water partition coefficient (Wildman–Crippen LogP) is 9.09. The molecule has 2 aromatic rings. The second-order valence-corrected chi connectivity index (χ2v) is 15.6. The molecule has 0 aromatic heterocycles. The first kappa shape index (κ1) is 22.4. The fourth-order valence-electron chi connectivity index (χ4n) is 5.03. The molecule has 0 saturated heterocycles. The molecule has 156 valence electrons. The molecule has 0 heterocycles. The molecular formula is C27H37ClSi. The number of halogens is 1. The van der Waals surface area contributed by atoms with Gasteiger partial charge < -0.3 is 0 Å². The monoisotopic (exact) mass is 424 g/mol. The largest absolute Gasteiger partial charge is 0.167 e. The molecule has 1 atom stereocenters. The quantitative estimate of drug-likeness (QED) is 0.307. The van der Waals surface area contributed by atoms with Gasteiger partial charge in [0.05, 0.1) is 0 Å². The lowest BCUT2D eigenvalue weighted by molar-refractivity contribution is 0.590. The Bertz CT molecular complexity index is 864. The van der Waals surface area contributed by atoms with E-state index in [4.69, 9.17) is 11.1 Å². The lowest BCUT2D eigenvalue weighted by atomic mass is 9.86. The van der Waals surface area contributed by atoms with Crippen LogP contribution in [-0.4, -0.2) is 7.38 Å². The summed E-state index contributed by atoms with van der Waals surface area (Å²) in [7, 11) is -1.91. The minimum atomic E-state index is -1.91. The van der Waals surface area contributed by atoms with Crippen LogP contribution in [0.2, 0.25) is 12.1 Å². The molecule has 2 heteroatoms. The number of allylic oxidation sites excluding steroid dienone is 1. The van der Waals surface area contributed by atoms with Crippen molar-refractivity contribution in [2.75, 3.05) is 0 Å². The van der Waals surface area contributed by atoms with Gasteiger partial charge in [-0.3, -0.25) is 0 Å². The van der Waals surface area contributed by atoms with Crippen LogP contribution in [0.15, 0.2) is 48.0 Å². The fraction of sp³-hybridized carbons (Fsp3) is 0.481. The lowest BCUT2D eigenvalue weighted by Crippen LogP contribution is -2.36. The molecule has 0 radical (unpaired) electrons. The van der Waals surface area contributed by atoms with Crippen molar-refractivity contribution >= 4 is 24.5 Å². The van der Waals surface area contributed by atoms with Crippen LogP contribution in [0.1, 0.15) is 83.0 Å². The number of fused-ring (bicyclic) bond motifs is 1. The van der Waals surface area contributed by atoms with Crippen LogP contribution in [0.3, 0.4) is 0 Å². The van der Waals surface area contributed by atoms with Crippen LogP contribution in [0.5, 0.6) is 0 Å². The Hall–Kier alpha value is -1.31. The second-order valence-electron chi connectivity index (χ2n) is 9.68. The zero-order valence-electron chi connectivity index (χ0n) is 19.1. The third-order valence-corrected chi connectivity index (χ3v) is 12.6. The van der Waals surface area contributed by atoms with Gasteiger partial charge in [0.2, 0.25) is 0 Å². The van der Waals surface area contributed by atoms with Gasteiger partial charge >= 0.3 is 0 Å². The van der Waals surface area contributed by atoms with E-state index >= 15 is 0 Å². The molecule has 3 rings (SSSR count). The Labute approximate surface area is 184 Å². The predicted molar refractivity (Wildman–Crippen MR) is 133 cm³/mol. The Morgan fingerprint density at radius 2 is 1.52 bits per heavy atom. The summed E-state index contributed by atoms with van der Waals surface area (Å²) >= 11 is 7.51. The summed E-state index contributed by atoms with van der Waals surface area (Å²) in [4.78, 5) is 0. The van der Waals surface area contributed by atoms with Gasteiger partial charge in [-0.15, -0.1) is 0 Å². The van der Waals surface area contributed by atoms with Gasteiger partial charge in [0.25, 0.3) is 0 Å². The third-order valence-electron chi connectivity index (χ3n) is 6.47. The van der Waals surface area contributed by atoms with E-state index in [-0.39, 0.29) is 5.41 Å². The SMILES string of the molecule is CCC[Si](Cl)(CCC)C1C(CC)=Cc2c(-c3ccc(C(C)(C)C)cc3)cccc21. The van der Waals surface area contributed by atoms with E-state index in [1.807, 2.05) is 0 Å². The van der Waals surface area contributed by atoms with E-state index in [0.717, 1.165) is 6.42 Å². The summed E-state index contributed by atoms with van der Waals surface area (Å²) in [5.41, 5.74) is 9.18. The molecule has 29 heavy (non-hydrogen) atoms. The Balaban J connectivity index is 2.09. The van der Waals surface area contributed by atoms with Crippen molar-refractivity contribution in [1.29, 1.82) is 0 Å². The summed E-state index contributed by atoms with van der Waals surface area (Å²) in [5.74, 6) is 0. The minimum absolute atomic E-state index is 0.182. The van der Waals surface area contributed by atoms with Crippen molar-refractivity contribution in [1.82, 2.24) is 0 Å². The van der Waals surface area contributed by atoms with E-state index in [9.17, 15) is 0 Å². The number of hydrogen-bond acceptors (Lipinski definition) is 0. The zero-order valence-corrected chi connectivity index (χ0v) is 20.9. The molecule has 0 bridgehead atoms. The van der Waals surface area contributed by atoms with Crippen LogP contribution < -0.4 is 0 Å². The Morgan fingerprint density at radius 3 is 2.03 bits per heavy atom. The molecule has 0 fully saturated rings. The maximum Gasteiger partial charge on any atom is 0.167 e. The van der Waals surface area contributed by atoms with E-state index in [2.05, 4.69) is 90.1 Å². The molecule has 1 aliphatic rings. The minimum Gasteiger partial charge on any atom is -0.166 e. The Morgan fingerprint density at radius 1 is 0.897 bits per heavy atom. The van der Waals surface area contributed by atoms with Gasteiger partial charge in [0, 0.05) is 5.54 Å². The molecule has 0 spiro atoms. The van der Waals surface area contributed by atoms with E-state index < -0.39 is 7.38 Å². The first-order valence-corrected chi connectivity index (χ1v) is 14.9. The normalized spacial score (nSPS) is 16.7. The molecule has 0 nitrogen and oxygen atoms in total. The maximum atomic E-state index is 7.51. The van der Waals surface area contributed by atoms with Crippen LogP contribution in [0, 0.1) is 0 Å². The molecule has 0 aliphatic heterocycles. The summed E-state index contributed by atoms with van der Waals surface area (Å²) in [5, 5.41) is 0. The lowest BCUT2D eigenvalue weighted by Gasteiger charge is -2.33. The highest BCUT2D eigenvalue weighted by molar-refractivity contribution is 7.21. The highest BCUT2D eigenvalue weighted by Crippen LogP contribution is 2.51. The van der Waals surface area contributed by atoms with E-state index in [1.165, 1.54) is 52.7 Å². The van der Waals surface area contributed by atoms with Crippen molar-refractivity contribution in [3.05, 3.63) is 64.7 Å². The van der Waals surface area contributed by atoms with Gasteiger partial charge in [-0.25, -0.2) is 0 Å². The highest BCUT2D eigenvalue weighted by Gasteiger charge is 2.44. The number of benzene rings is 2. The molecule has 0 N–H and O–H groups in total. The second kappa shape index (κ2) is 8.82. The van der Waals surface area contributed by atoms with Crippen LogP contribution in [-0.2, 0) is 5.41 Å². The molecule has 2 aromatic carbocycles. The Kier molecular flexibility index (Phi) is 6.80. The average Bonchev–Trinajstić information content (AvgIpc) is 3.07. The van der Waals surface area contributed by atoms with Gasteiger partial charge in [-0.1, -0.05) is 108 Å².